The molecule has 0 amide bonds. The van der Waals surface area contributed by atoms with Crippen LogP contribution in [-0.4, -0.2) is 59.1 Å². The number of hydrogen-bond donors (Lipinski definition) is 1. The molecule has 1 aliphatic heterocycles. The molecule has 1 atom stereocenters. The van der Waals surface area contributed by atoms with Crippen LogP contribution >= 0.6 is 0 Å². The molecule has 0 radical (unpaired) electrons. The van der Waals surface area contributed by atoms with Crippen LogP contribution < -0.4 is 26.6 Å². The summed E-state index contributed by atoms with van der Waals surface area (Å²) in [5, 5.41) is 0. The maximum Gasteiger partial charge on any atom is 0.332 e. The summed E-state index contributed by atoms with van der Waals surface area (Å²) in [6, 6.07) is 7.30. The van der Waals surface area contributed by atoms with Gasteiger partial charge in [0.25, 0.3) is 5.56 Å². The quantitative estimate of drug-likeness (QED) is 0.707. The smallest absolute Gasteiger partial charge is 0.332 e. The number of carbonyl (C=O) groups excluding carboxylic acids is 1. The van der Waals surface area contributed by atoms with E-state index in [9.17, 15) is 14.4 Å². The summed E-state index contributed by atoms with van der Waals surface area (Å²) in [6.07, 6.45) is 0. The van der Waals surface area contributed by atoms with Crippen LogP contribution in [-0.2, 0) is 14.1 Å². The van der Waals surface area contributed by atoms with Crippen LogP contribution in [0, 0.1) is 0 Å². The Balaban J connectivity index is 1.78. The van der Waals surface area contributed by atoms with E-state index in [1.807, 2.05) is 29.2 Å². The average molecular weight is 401 g/mol. The highest BCUT2D eigenvalue weighted by atomic mass is 16.5. The standard InChI is InChI=1S/C20H27N5O4/c1-13(17(26)16-18(21)22(2)20(28)23(3)19(16)27)24-9-11-25(12-10-24)14-7-5-6-8-15(14)29-4/h5-8,13H,9-12,21H2,1-4H3/t13-/m0/s1. The van der Waals surface area contributed by atoms with Crippen molar-refractivity contribution >= 4 is 17.3 Å². The zero-order chi connectivity index (χ0) is 21.3. The van der Waals surface area contributed by atoms with E-state index in [2.05, 4.69) is 4.90 Å². The van der Waals surface area contributed by atoms with Crippen LogP contribution in [0.1, 0.15) is 17.3 Å². The van der Waals surface area contributed by atoms with Gasteiger partial charge in [0.1, 0.15) is 17.1 Å². The second-order valence-electron chi connectivity index (χ2n) is 7.20. The molecule has 0 bridgehead atoms. The van der Waals surface area contributed by atoms with Gasteiger partial charge in [-0.15, -0.1) is 0 Å². The molecule has 3 rings (SSSR count). The number of Topliss-reactive ketones (excluding diaryl/α,β-unsaturated/α-hetero) is 1. The monoisotopic (exact) mass is 401 g/mol. The SMILES string of the molecule is COc1ccccc1N1CCN([C@@H](C)C(=O)c2c(N)n(C)c(=O)n(C)c2=O)CC1. The van der Waals surface area contributed by atoms with E-state index in [1.54, 1.807) is 14.0 Å². The molecule has 1 fully saturated rings. The number of ether oxygens (including phenoxy) is 1. The number of nitrogens with two attached hydrogens (primary N) is 1. The first kappa shape index (κ1) is 20.7. The third-order valence-electron chi connectivity index (χ3n) is 5.62. The molecule has 0 saturated carbocycles. The van der Waals surface area contributed by atoms with Gasteiger partial charge in [-0.2, -0.15) is 0 Å². The summed E-state index contributed by atoms with van der Waals surface area (Å²) in [5.41, 5.74) is 5.62. The fraction of sp³-hybridized carbons (Fsp3) is 0.450. The number of ketones is 1. The minimum Gasteiger partial charge on any atom is -0.495 e. The van der Waals surface area contributed by atoms with Gasteiger partial charge in [0.15, 0.2) is 5.78 Å². The Labute approximate surface area is 168 Å². The van der Waals surface area contributed by atoms with Crippen LogP contribution in [0.5, 0.6) is 5.75 Å². The maximum absolute atomic E-state index is 13.1. The lowest BCUT2D eigenvalue weighted by atomic mass is 10.0. The third-order valence-corrected chi connectivity index (χ3v) is 5.62. The van der Waals surface area contributed by atoms with Gasteiger partial charge in [-0.3, -0.25) is 23.6 Å². The largest absolute Gasteiger partial charge is 0.495 e. The van der Waals surface area contributed by atoms with E-state index in [1.165, 1.54) is 14.1 Å². The fourth-order valence-electron chi connectivity index (χ4n) is 3.71. The summed E-state index contributed by atoms with van der Waals surface area (Å²) in [6.45, 7) is 4.51. The molecule has 29 heavy (non-hydrogen) atoms. The molecule has 156 valence electrons. The molecule has 9 heteroatoms. The highest BCUT2D eigenvalue weighted by Gasteiger charge is 2.31. The van der Waals surface area contributed by atoms with Crippen LogP contribution in [0.25, 0.3) is 0 Å². The summed E-state index contributed by atoms with van der Waals surface area (Å²) in [5.74, 6) is 0.346. The second-order valence-corrected chi connectivity index (χ2v) is 7.20. The normalized spacial score (nSPS) is 15.9. The van der Waals surface area contributed by atoms with Gasteiger partial charge >= 0.3 is 5.69 Å². The lowest BCUT2D eigenvalue weighted by Gasteiger charge is -2.39. The Morgan fingerprint density at radius 2 is 1.69 bits per heavy atom. The minimum atomic E-state index is -0.657. The van der Waals surface area contributed by atoms with E-state index < -0.39 is 17.3 Å². The van der Waals surface area contributed by atoms with Crippen LogP contribution in [0.3, 0.4) is 0 Å². The topological polar surface area (TPSA) is 103 Å². The number of rotatable bonds is 5. The molecule has 1 aliphatic rings. The van der Waals surface area contributed by atoms with Crippen LogP contribution in [0.2, 0.25) is 0 Å². The number of para-hydroxylation sites is 2. The first-order valence-electron chi connectivity index (χ1n) is 9.49. The van der Waals surface area contributed by atoms with Crippen molar-refractivity contribution in [2.45, 2.75) is 13.0 Å². The number of nitrogen functional groups attached to an aromatic ring is 1. The maximum atomic E-state index is 13.1. The van der Waals surface area contributed by atoms with Gasteiger partial charge in [-0.25, -0.2) is 4.79 Å². The number of carbonyl (C=O) groups is 1. The van der Waals surface area contributed by atoms with Gasteiger partial charge in [0.05, 0.1) is 18.8 Å². The highest BCUT2D eigenvalue weighted by molar-refractivity contribution is 6.03. The molecule has 0 unspecified atom stereocenters. The molecular weight excluding hydrogens is 374 g/mol. The van der Waals surface area contributed by atoms with Crippen LogP contribution in [0.15, 0.2) is 33.9 Å². The van der Waals surface area contributed by atoms with E-state index in [0.717, 1.165) is 33.7 Å². The van der Waals surface area contributed by atoms with Gasteiger partial charge < -0.3 is 15.4 Å². The third kappa shape index (κ3) is 3.65. The van der Waals surface area contributed by atoms with Crippen LogP contribution in [0.4, 0.5) is 11.5 Å². The molecule has 2 heterocycles. The fourth-order valence-corrected chi connectivity index (χ4v) is 3.71. The number of anilines is 2. The van der Waals surface area contributed by atoms with Gasteiger partial charge in [0.2, 0.25) is 0 Å². The number of aromatic nitrogens is 2. The molecule has 1 aromatic heterocycles. The lowest BCUT2D eigenvalue weighted by Crippen LogP contribution is -2.53. The van der Waals surface area contributed by atoms with E-state index in [0.29, 0.717) is 13.1 Å². The Morgan fingerprint density at radius 1 is 1.07 bits per heavy atom. The summed E-state index contributed by atoms with van der Waals surface area (Å²) < 4.78 is 7.48. The molecule has 1 saturated heterocycles. The number of nitrogens with zero attached hydrogens (tertiary/aromatic N) is 4. The number of hydrogen-bond acceptors (Lipinski definition) is 7. The predicted molar refractivity (Wildman–Crippen MR) is 112 cm³/mol. The first-order valence-corrected chi connectivity index (χ1v) is 9.49. The number of methoxy groups -OCH3 is 1. The number of benzene rings is 1. The Hall–Kier alpha value is -3.07. The molecule has 9 nitrogen and oxygen atoms in total. The van der Waals surface area contributed by atoms with Gasteiger partial charge in [-0.05, 0) is 19.1 Å². The van der Waals surface area contributed by atoms with Gasteiger partial charge in [0, 0.05) is 40.3 Å². The molecule has 0 spiro atoms. The van der Waals surface area contributed by atoms with Crippen molar-refractivity contribution in [2.24, 2.45) is 14.1 Å². The van der Waals surface area contributed by atoms with Crippen molar-refractivity contribution in [1.82, 2.24) is 14.0 Å². The van der Waals surface area contributed by atoms with Crippen molar-refractivity contribution in [2.75, 3.05) is 43.9 Å². The summed E-state index contributed by atoms with van der Waals surface area (Å²) >= 11 is 0. The molecule has 1 aromatic carbocycles. The second kappa shape index (κ2) is 8.12. The van der Waals surface area contributed by atoms with Crippen molar-refractivity contribution < 1.29 is 9.53 Å². The zero-order valence-electron chi connectivity index (χ0n) is 17.2. The highest BCUT2D eigenvalue weighted by Crippen LogP contribution is 2.28. The summed E-state index contributed by atoms with van der Waals surface area (Å²) in [4.78, 5) is 41.8. The number of piperazine rings is 1. The van der Waals surface area contributed by atoms with E-state index in [-0.39, 0.29) is 17.2 Å². The summed E-state index contributed by atoms with van der Waals surface area (Å²) in [7, 11) is 4.44. The Morgan fingerprint density at radius 3 is 2.31 bits per heavy atom. The molecule has 2 N–H and O–H groups in total. The first-order chi connectivity index (χ1) is 13.8. The van der Waals surface area contributed by atoms with Crippen molar-refractivity contribution in [3.8, 4) is 5.75 Å². The molecule has 0 aliphatic carbocycles. The van der Waals surface area contributed by atoms with Crippen molar-refractivity contribution in [3.05, 3.63) is 50.7 Å². The van der Waals surface area contributed by atoms with E-state index >= 15 is 0 Å². The lowest BCUT2D eigenvalue weighted by molar-refractivity contribution is 0.0827. The average Bonchev–Trinajstić information content (AvgIpc) is 2.76. The Bertz CT molecular complexity index is 1030. The minimum absolute atomic E-state index is 0.0948. The van der Waals surface area contributed by atoms with Gasteiger partial charge in [-0.1, -0.05) is 12.1 Å². The Kier molecular flexibility index (Phi) is 5.78. The molecular formula is C20H27N5O4. The van der Waals surface area contributed by atoms with Crippen molar-refractivity contribution in [3.63, 3.8) is 0 Å². The van der Waals surface area contributed by atoms with Crippen molar-refractivity contribution in [1.29, 1.82) is 0 Å². The molecule has 2 aromatic rings. The van der Waals surface area contributed by atoms with E-state index in [4.69, 9.17) is 10.5 Å². The predicted octanol–water partition coefficient (Wildman–Crippen LogP) is 0.0682. The zero-order valence-corrected chi connectivity index (χ0v) is 17.2.